The summed E-state index contributed by atoms with van der Waals surface area (Å²) in [5.74, 6) is 0. The van der Waals surface area contributed by atoms with Gasteiger partial charge in [0.05, 0.1) is 0 Å². The molecule has 3 heteroatoms. The second-order valence-corrected chi connectivity index (χ2v) is 3.96. The van der Waals surface area contributed by atoms with Gasteiger partial charge >= 0.3 is 0 Å². The Kier molecular flexibility index (Phi) is 2.68. The second-order valence-electron chi connectivity index (χ2n) is 3.25. The highest BCUT2D eigenvalue weighted by Crippen LogP contribution is 2.13. The van der Waals surface area contributed by atoms with E-state index >= 15 is 0 Å². The van der Waals surface area contributed by atoms with Crippen molar-refractivity contribution in [2.75, 3.05) is 0 Å². The molecule has 2 nitrogen and oxygen atoms in total. The highest BCUT2D eigenvalue weighted by Gasteiger charge is 2.01. The van der Waals surface area contributed by atoms with E-state index in [2.05, 4.69) is 56.7 Å². The van der Waals surface area contributed by atoms with Crippen molar-refractivity contribution in [3.8, 4) is 0 Å². The van der Waals surface area contributed by atoms with E-state index in [9.17, 15) is 0 Å². The Morgan fingerprint density at radius 2 is 2.14 bits per heavy atom. The Labute approximate surface area is 91.7 Å². The molecule has 0 aliphatic rings. The van der Waals surface area contributed by atoms with Crippen molar-refractivity contribution < 1.29 is 0 Å². The minimum atomic E-state index is 0.868. The molecule has 1 aromatic carbocycles. The first-order chi connectivity index (χ1) is 6.77. The molecule has 2 aromatic rings. The van der Waals surface area contributed by atoms with Crippen LogP contribution >= 0.6 is 15.9 Å². The number of nitrogens with zero attached hydrogens (tertiary/aromatic N) is 2. The molecular weight excluding hydrogens is 240 g/mol. The maximum atomic E-state index is 4.12. The fourth-order valence-electron chi connectivity index (χ4n) is 1.40. The molecule has 0 spiro atoms. The molecule has 72 valence electrons. The van der Waals surface area contributed by atoms with Crippen molar-refractivity contribution in [3.63, 3.8) is 0 Å². The number of aromatic nitrogens is 2. The SMILES string of the molecule is Cc1ccccc1Cn1ccnc1Br. The molecule has 0 amide bonds. The summed E-state index contributed by atoms with van der Waals surface area (Å²) in [6.45, 7) is 2.99. The Morgan fingerprint density at radius 1 is 1.36 bits per heavy atom. The van der Waals surface area contributed by atoms with Gasteiger partial charge in [0.25, 0.3) is 0 Å². The van der Waals surface area contributed by atoms with E-state index in [1.165, 1.54) is 11.1 Å². The summed E-state index contributed by atoms with van der Waals surface area (Å²) in [6, 6.07) is 8.39. The zero-order valence-electron chi connectivity index (χ0n) is 7.94. The lowest BCUT2D eigenvalue weighted by Crippen LogP contribution is -2.00. The predicted molar refractivity (Wildman–Crippen MR) is 60.2 cm³/mol. The molecule has 0 saturated carbocycles. The van der Waals surface area contributed by atoms with Crippen LogP contribution in [0.2, 0.25) is 0 Å². The first-order valence-electron chi connectivity index (χ1n) is 4.48. The van der Waals surface area contributed by atoms with Crippen LogP contribution in [0.5, 0.6) is 0 Å². The number of rotatable bonds is 2. The first-order valence-corrected chi connectivity index (χ1v) is 5.28. The van der Waals surface area contributed by atoms with E-state index in [0.717, 1.165) is 11.3 Å². The van der Waals surface area contributed by atoms with Gasteiger partial charge in [-0.2, -0.15) is 0 Å². The zero-order valence-corrected chi connectivity index (χ0v) is 9.53. The van der Waals surface area contributed by atoms with E-state index < -0.39 is 0 Å². The summed E-state index contributed by atoms with van der Waals surface area (Å²) in [5, 5.41) is 0. The Balaban J connectivity index is 2.28. The third kappa shape index (κ3) is 1.87. The maximum absolute atomic E-state index is 4.12. The van der Waals surface area contributed by atoms with E-state index in [1.54, 1.807) is 6.20 Å². The van der Waals surface area contributed by atoms with E-state index in [-0.39, 0.29) is 0 Å². The van der Waals surface area contributed by atoms with Gasteiger partial charge in [0.2, 0.25) is 0 Å². The fraction of sp³-hybridized carbons (Fsp3) is 0.182. The van der Waals surface area contributed by atoms with Gasteiger partial charge < -0.3 is 4.57 Å². The number of imidazole rings is 1. The molecule has 0 saturated heterocycles. The van der Waals surface area contributed by atoms with Crippen molar-refractivity contribution >= 4 is 15.9 Å². The third-order valence-corrected chi connectivity index (χ3v) is 2.93. The van der Waals surface area contributed by atoms with Gasteiger partial charge in [0.1, 0.15) is 0 Å². The van der Waals surface area contributed by atoms with Gasteiger partial charge in [-0.1, -0.05) is 24.3 Å². The average Bonchev–Trinajstić information content (AvgIpc) is 2.56. The standard InChI is InChI=1S/C11H11BrN2/c1-9-4-2-3-5-10(9)8-14-7-6-13-11(14)12/h2-7H,8H2,1H3. The van der Waals surface area contributed by atoms with Crippen LogP contribution in [-0.4, -0.2) is 9.55 Å². The lowest BCUT2D eigenvalue weighted by Gasteiger charge is -2.06. The highest BCUT2D eigenvalue weighted by molar-refractivity contribution is 9.10. The van der Waals surface area contributed by atoms with Crippen molar-refractivity contribution in [1.82, 2.24) is 9.55 Å². The van der Waals surface area contributed by atoms with Crippen LogP contribution in [0.3, 0.4) is 0 Å². The molecule has 0 atom stereocenters. The zero-order chi connectivity index (χ0) is 9.97. The van der Waals surface area contributed by atoms with E-state index in [4.69, 9.17) is 0 Å². The number of halogens is 1. The Morgan fingerprint density at radius 3 is 2.79 bits per heavy atom. The average molecular weight is 251 g/mol. The summed E-state index contributed by atoms with van der Waals surface area (Å²) >= 11 is 3.40. The first kappa shape index (κ1) is 9.46. The predicted octanol–water partition coefficient (Wildman–Crippen LogP) is 3.00. The molecule has 0 N–H and O–H groups in total. The largest absolute Gasteiger partial charge is 0.321 e. The summed E-state index contributed by atoms with van der Waals surface area (Å²) in [4.78, 5) is 4.12. The second kappa shape index (κ2) is 3.96. The Hall–Kier alpha value is -1.09. The molecule has 0 fully saturated rings. The van der Waals surface area contributed by atoms with Crippen LogP contribution in [-0.2, 0) is 6.54 Å². The smallest absolute Gasteiger partial charge is 0.177 e. The minimum Gasteiger partial charge on any atom is -0.321 e. The summed E-state index contributed by atoms with van der Waals surface area (Å²) in [7, 11) is 0. The highest BCUT2D eigenvalue weighted by atomic mass is 79.9. The number of hydrogen-bond acceptors (Lipinski definition) is 1. The molecule has 1 aromatic heterocycles. The minimum absolute atomic E-state index is 0.868. The number of benzene rings is 1. The van der Waals surface area contributed by atoms with Gasteiger partial charge in [-0.05, 0) is 34.0 Å². The Bertz CT molecular complexity index is 434. The molecule has 0 aliphatic carbocycles. The lowest BCUT2D eigenvalue weighted by molar-refractivity contribution is 0.770. The van der Waals surface area contributed by atoms with Gasteiger partial charge in [0, 0.05) is 18.9 Å². The van der Waals surface area contributed by atoms with Crippen molar-refractivity contribution in [1.29, 1.82) is 0 Å². The molecule has 14 heavy (non-hydrogen) atoms. The molecule has 1 heterocycles. The molecular formula is C11H11BrN2. The molecule has 0 unspecified atom stereocenters. The molecule has 0 bridgehead atoms. The van der Waals surface area contributed by atoms with Crippen molar-refractivity contribution in [3.05, 3.63) is 52.5 Å². The summed E-state index contributed by atoms with van der Waals surface area (Å²) in [5.41, 5.74) is 2.64. The normalized spacial score (nSPS) is 10.4. The van der Waals surface area contributed by atoms with Crippen LogP contribution in [0.25, 0.3) is 0 Å². The van der Waals surface area contributed by atoms with Gasteiger partial charge in [-0.15, -0.1) is 0 Å². The van der Waals surface area contributed by atoms with Gasteiger partial charge in [-0.25, -0.2) is 4.98 Å². The van der Waals surface area contributed by atoms with Crippen LogP contribution < -0.4 is 0 Å². The number of aryl methyl sites for hydroxylation is 1. The van der Waals surface area contributed by atoms with Gasteiger partial charge in [-0.3, -0.25) is 0 Å². The van der Waals surface area contributed by atoms with Gasteiger partial charge in [0.15, 0.2) is 4.73 Å². The quantitative estimate of drug-likeness (QED) is 0.802. The van der Waals surface area contributed by atoms with Crippen LogP contribution in [0.1, 0.15) is 11.1 Å². The molecule has 0 radical (unpaired) electrons. The lowest BCUT2D eigenvalue weighted by atomic mass is 10.1. The van der Waals surface area contributed by atoms with Crippen molar-refractivity contribution in [2.45, 2.75) is 13.5 Å². The van der Waals surface area contributed by atoms with Crippen molar-refractivity contribution in [2.24, 2.45) is 0 Å². The summed E-state index contributed by atoms with van der Waals surface area (Å²) in [6.07, 6.45) is 3.76. The van der Waals surface area contributed by atoms with E-state index in [1.807, 2.05) is 6.20 Å². The van der Waals surface area contributed by atoms with Crippen LogP contribution in [0.15, 0.2) is 41.4 Å². The van der Waals surface area contributed by atoms with Crippen LogP contribution in [0.4, 0.5) is 0 Å². The summed E-state index contributed by atoms with van der Waals surface area (Å²) < 4.78 is 2.95. The van der Waals surface area contributed by atoms with Crippen LogP contribution in [0, 0.1) is 6.92 Å². The topological polar surface area (TPSA) is 17.8 Å². The maximum Gasteiger partial charge on any atom is 0.177 e. The monoisotopic (exact) mass is 250 g/mol. The molecule has 2 rings (SSSR count). The molecule has 0 aliphatic heterocycles. The van der Waals surface area contributed by atoms with E-state index in [0.29, 0.717) is 0 Å². The fourth-order valence-corrected chi connectivity index (χ4v) is 1.76. The third-order valence-electron chi connectivity index (χ3n) is 2.27. The number of hydrogen-bond donors (Lipinski definition) is 0.